The summed E-state index contributed by atoms with van der Waals surface area (Å²) >= 11 is 0. The summed E-state index contributed by atoms with van der Waals surface area (Å²) in [6.45, 7) is 2.47. The van der Waals surface area contributed by atoms with Crippen LogP contribution < -0.4 is 5.32 Å². The Balaban J connectivity index is 1.69. The number of aromatic nitrogens is 2. The Morgan fingerprint density at radius 1 is 1.23 bits per heavy atom. The number of pyridine rings is 1. The van der Waals surface area contributed by atoms with Gasteiger partial charge in [0, 0.05) is 30.6 Å². The quantitative estimate of drug-likeness (QED) is 0.803. The number of hydrogen-bond donors (Lipinski definition) is 1. The van der Waals surface area contributed by atoms with Crippen molar-refractivity contribution in [2.45, 2.75) is 13.5 Å². The molecule has 5 nitrogen and oxygen atoms in total. The molecule has 0 aliphatic heterocycles. The first-order valence-electron chi connectivity index (χ1n) is 6.94. The Morgan fingerprint density at radius 2 is 2.09 bits per heavy atom. The maximum Gasteiger partial charge on any atom is 0.273 e. The van der Waals surface area contributed by atoms with Gasteiger partial charge < -0.3 is 9.84 Å². The molecular formula is C17H15N3O2. The Morgan fingerprint density at radius 3 is 2.86 bits per heavy atom. The van der Waals surface area contributed by atoms with Gasteiger partial charge in [0.2, 0.25) is 0 Å². The Labute approximate surface area is 128 Å². The number of carbonyl (C=O) groups excluding carboxylic acids is 1. The number of nitrogens with one attached hydrogen (secondary N) is 1. The average Bonchev–Trinajstić information content (AvgIpc) is 3.05. The highest BCUT2D eigenvalue weighted by Gasteiger charge is 2.13. The summed E-state index contributed by atoms with van der Waals surface area (Å²) in [6.07, 6.45) is 3.34. The van der Waals surface area contributed by atoms with Crippen LogP contribution in [0.5, 0.6) is 0 Å². The van der Waals surface area contributed by atoms with Gasteiger partial charge in [-0.25, -0.2) is 0 Å². The van der Waals surface area contributed by atoms with Crippen LogP contribution in [0.3, 0.4) is 0 Å². The molecule has 1 N–H and O–H groups in total. The summed E-state index contributed by atoms with van der Waals surface area (Å²) in [7, 11) is 0. The molecule has 0 aliphatic carbocycles. The third kappa shape index (κ3) is 3.03. The number of hydrogen-bond acceptors (Lipinski definition) is 4. The molecule has 0 saturated heterocycles. The maximum atomic E-state index is 12.1. The summed E-state index contributed by atoms with van der Waals surface area (Å²) in [5.41, 5.74) is 3.26. The molecule has 2 heterocycles. The summed E-state index contributed by atoms with van der Waals surface area (Å²) in [4.78, 5) is 16.1. The predicted molar refractivity (Wildman–Crippen MR) is 82.1 cm³/mol. The van der Waals surface area contributed by atoms with Gasteiger partial charge in [0.25, 0.3) is 5.91 Å². The van der Waals surface area contributed by atoms with Crippen molar-refractivity contribution in [1.29, 1.82) is 0 Å². The van der Waals surface area contributed by atoms with Crippen molar-refractivity contribution < 1.29 is 9.32 Å². The normalized spacial score (nSPS) is 10.4. The minimum atomic E-state index is -0.262. The molecule has 0 spiro atoms. The van der Waals surface area contributed by atoms with Gasteiger partial charge >= 0.3 is 0 Å². The fourth-order valence-electron chi connectivity index (χ4n) is 2.10. The standard InChI is InChI=1S/C17H15N3O2/c1-12-5-2-3-6-13(12)11-19-17(21)15-9-16(22-20-15)14-7-4-8-18-10-14/h2-10H,11H2,1H3,(H,19,21). The topological polar surface area (TPSA) is 68.0 Å². The average molecular weight is 293 g/mol. The molecular weight excluding hydrogens is 278 g/mol. The Hall–Kier alpha value is -2.95. The van der Waals surface area contributed by atoms with Gasteiger partial charge in [-0.1, -0.05) is 29.4 Å². The molecule has 0 radical (unpaired) electrons. The van der Waals surface area contributed by atoms with Crippen LogP contribution in [-0.4, -0.2) is 16.0 Å². The van der Waals surface area contributed by atoms with Crippen LogP contribution in [0, 0.1) is 6.92 Å². The number of amides is 1. The van der Waals surface area contributed by atoms with Crippen LogP contribution >= 0.6 is 0 Å². The van der Waals surface area contributed by atoms with E-state index < -0.39 is 0 Å². The van der Waals surface area contributed by atoms with E-state index in [4.69, 9.17) is 4.52 Å². The van der Waals surface area contributed by atoms with Crippen molar-refractivity contribution in [3.63, 3.8) is 0 Å². The van der Waals surface area contributed by atoms with Crippen molar-refractivity contribution in [3.8, 4) is 11.3 Å². The van der Waals surface area contributed by atoms with E-state index in [0.29, 0.717) is 12.3 Å². The summed E-state index contributed by atoms with van der Waals surface area (Å²) in [5.74, 6) is 0.260. The fourth-order valence-corrected chi connectivity index (χ4v) is 2.10. The molecule has 3 rings (SSSR count). The van der Waals surface area contributed by atoms with Crippen LogP contribution in [0.15, 0.2) is 59.4 Å². The number of benzene rings is 1. The van der Waals surface area contributed by atoms with Crippen LogP contribution in [0.4, 0.5) is 0 Å². The number of carbonyl (C=O) groups is 1. The molecule has 0 atom stereocenters. The molecule has 1 amide bonds. The highest BCUT2D eigenvalue weighted by atomic mass is 16.5. The zero-order valence-electron chi connectivity index (χ0n) is 12.1. The molecule has 0 fully saturated rings. The van der Waals surface area contributed by atoms with Crippen molar-refractivity contribution in [2.75, 3.05) is 0 Å². The predicted octanol–water partition coefficient (Wildman–Crippen LogP) is 2.98. The van der Waals surface area contributed by atoms with Crippen LogP contribution in [0.2, 0.25) is 0 Å². The van der Waals surface area contributed by atoms with E-state index in [1.165, 1.54) is 0 Å². The minimum absolute atomic E-state index is 0.257. The minimum Gasteiger partial charge on any atom is -0.355 e. The molecule has 0 aliphatic rings. The first-order valence-corrected chi connectivity index (χ1v) is 6.94. The SMILES string of the molecule is Cc1ccccc1CNC(=O)c1cc(-c2cccnc2)on1. The molecule has 2 aromatic heterocycles. The molecule has 22 heavy (non-hydrogen) atoms. The summed E-state index contributed by atoms with van der Waals surface area (Å²) in [5, 5.41) is 6.66. The highest BCUT2D eigenvalue weighted by molar-refractivity contribution is 5.93. The van der Waals surface area contributed by atoms with Crippen molar-refractivity contribution >= 4 is 5.91 Å². The van der Waals surface area contributed by atoms with E-state index in [9.17, 15) is 4.79 Å². The molecule has 110 valence electrons. The Kier molecular flexibility index (Phi) is 3.96. The lowest BCUT2D eigenvalue weighted by Crippen LogP contribution is -2.23. The number of aryl methyl sites for hydroxylation is 1. The van der Waals surface area contributed by atoms with Gasteiger partial charge in [0.05, 0.1) is 0 Å². The second kappa shape index (κ2) is 6.22. The third-order valence-corrected chi connectivity index (χ3v) is 3.39. The number of rotatable bonds is 4. The van der Waals surface area contributed by atoms with Gasteiger partial charge in [-0.2, -0.15) is 0 Å². The van der Waals surface area contributed by atoms with E-state index in [2.05, 4.69) is 15.5 Å². The monoisotopic (exact) mass is 293 g/mol. The maximum absolute atomic E-state index is 12.1. The van der Waals surface area contributed by atoms with Crippen LogP contribution in [0.25, 0.3) is 11.3 Å². The van der Waals surface area contributed by atoms with Crippen molar-refractivity contribution in [1.82, 2.24) is 15.5 Å². The van der Waals surface area contributed by atoms with Crippen molar-refractivity contribution in [3.05, 3.63) is 71.7 Å². The van der Waals surface area contributed by atoms with Gasteiger partial charge in [-0.3, -0.25) is 9.78 Å². The lowest BCUT2D eigenvalue weighted by atomic mass is 10.1. The first-order chi connectivity index (χ1) is 10.7. The van der Waals surface area contributed by atoms with Crippen LogP contribution in [0.1, 0.15) is 21.6 Å². The van der Waals surface area contributed by atoms with Gasteiger partial charge in [-0.05, 0) is 30.2 Å². The number of nitrogens with zero attached hydrogens (tertiary/aromatic N) is 2. The third-order valence-electron chi connectivity index (χ3n) is 3.39. The second-order valence-electron chi connectivity index (χ2n) is 4.93. The molecule has 0 unspecified atom stereocenters. The fraction of sp³-hybridized carbons (Fsp3) is 0.118. The second-order valence-corrected chi connectivity index (χ2v) is 4.93. The van der Waals surface area contributed by atoms with E-state index in [-0.39, 0.29) is 11.6 Å². The van der Waals surface area contributed by atoms with E-state index in [1.54, 1.807) is 24.5 Å². The van der Waals surface area contributed by atoms with E-state index >= 15 is 0 Å². The lowest BCUT2D eigenvalue weighted by molar-refractivity contribution is 0.0942. The zero-order chi connectivity index (χ0) is 15.4. The first kappa shape index (κ1) is 14.0. The molecule has 3 aromatic rings. The Bertz CT molecular complexity index is 781. The van der Waals surface area contributed by atoms with E-state index in [1.807, 2.05) is 37.3 Å². The summed E-state index contributed by atoms with van der Waals surface area (Å²) in [6, 6.07) is 13.2. The smallest absolute Gasteiger partial charge is 0.273 e. The van der Waals surface area contributed by atoms with Gasteiger partial charge in [-0.15, -0.1) is 0 Å². The van der Waals surface area contributed by atoms with Crippen molar-refractivity contribution in [2.24, 2.45) is 0 Å². The zero-order valence-corrected chi connectivity index (χ0v) is 12.1. The van der Waals surface area contributed by atoms with Gasteiger partial charge in [0.1, 0.15) is 0 Å². The largest absolute Gasteiger partial charge is 0.355 e. The van der Waals surface area contributed by atoms with Gasteiger partial charge in [0.15, 0.2) is 11.5 Å². The molecule has 5 heteroatoms. The molecule has 0 saturated carbocycles. The molecule has 0 bridgehead atoms. The molecule has 1 aromatic carbocycles. The summed E-state index contributed by atoms with van der Waals surface area (Å²) < 4.78 is 5.20. The van der Waals surface area contributed by atoms with Crippen LogP contribution in [-0.2, 0) is 6.54 Å². The highest BCUT2D eigenvalue weighted by Crippen LogP contribution is 2.18. The van der Waals surface area contributed by atoms with E-state index in [0.717, 1.165) is 16.7 Å². The lowest BCUT2D eigenvalue weighted by Gasteiger charge is -2.05.